The maximum absolute atomic E-state index is 12.5. The lowest BCUT2D eigenvalue weighted by atomic mass is 10.3. The number of alkyl halides is 3. The highest BCUT2D eigenvalue weighted by molar-refractivity contribution is 6.30. The van der Waals surface area contributed by atoms with Crippen LogP contribution in [0.1, 0.15) is 17.8 Å². The number of hydrogen-bond acceptors (Lipinski definition) is 3. The molecule has 2 aromatic heterocycles. The van der Waals surface area contributed by atoms with E-state index in [1.54, 1.807) is 10.9 Å². The molecular formula is C13H15ClF3N5O. The summed E-state index contributed by atoms with van der Waals surface area (Å²) >= 11 is 5.71. The van der Waals surface area contributed by atoms with Gasteiger partial charge >= 0.3 is 6.18 Å². The molecule has 0 bridgehead atoms. The van der Waals surface area contributed by atoms with Gasteiger partial charge in [0.25, 0.3) is 0 Å². The van der Waals surface area contributed by atoms with Crippen LogP contribution in [0.5, 0.6) is 0 Å². The van der Waals surface area contributed by atoms with Gasteiger partial charge in [-0.15, -0.1) is 0 Å². The van der Waals surface area contributed by atoms with E-state index in [4.69, 9.17) is 11.6 Å². The first-order valence-electron chi connectivity index (χ1n) is 6.82. The molecule has 10 heteroatoms. The Morgan fingerprint density at radius 3 is 2.70 bits per heavy atom. The second-order valence-corrected chi connectivity index (χ2v) is 5.35. The molecular weight excluding hydrogens is 335 g/mol. The van der Waals surface area contributed by atoms with E-state index in [1.165, 1.54) is 17.8 Å². The average molecular weight is 350 g/mol. The fraction of sp³-hybridized carbons (Fsp3) is 0.462. The molecule has 1 amide bonds. The molecule has 2 aromatic rings. The number of hydrogen-bond donors (Lipinski definition) is 1. The largest absolute Gasteiger partial charge is 0.435 e. The van der Waals surface area contributed by atoms with Gasteiger partial charge in [-0.05, 0) is 13.0 Å². The predicted octanol–water partition coefficient (Wildman–Crippen LogP) is 2.27. The summed E-state index contributed by atoms with van der Waals surface area (Å²) in [6, 6.07) is 0.958. The molecule has 0 aliphatic rings. The highest BCUT2D eigenvalue weighted by Crippen LogP contribution is 2.28. The lowest BCUT2D eigenvalue weighted by molar-refractivity contribution is -0.141. The summed E-state index contributed by atoms with van der Waals surface area (Å²) in [6.07, 6.45) is -1.33. The predicted molar refractivity (Wildman–Crippen MR) is 76.8 cm³/mol. The van der Waals surface area contributed by atoms with E-state index in [2.05, 4.69) is 15.5 Å². The second-order valence-electron chi connectivity index (χ2n) is 4.91. The van der Waals surface area contributed by atoms with E-state index in [1.807, 2.05) is 0 Å². The first kappa shape index (κ1) is 17.3. The third kappa shape index (κ3) is 4.98. The highest BCUT2D eigenvalue weighted by atomic mass is 35.5. The van der Waals surface area contributed by atoms with Crippen LogP contribution in [0.25, 0.3) is 0 Å². The molecule has 0 saturated carbocycles. The Morgan fingerprint density at radius 1 is 1.39 bits per heavy atom. The van der Waals surface area contributed by atoms with Crippen molar-refractivity contribution in [2.45, 2.75) is 32.6 Å². The number of amides is 1. The van der Waals surface area contributed by atoms with Crippen LogP contribution in [0.3, 0.4) is 0 Å². The van der Waals surface area contributed by atoms with Gasteiger partial charge < -0.3 is 5.32 Å². The zero-order valence-corrected chi connectivity index (χ0v) is 13.0. The first-order valence-corrected chi connectivity index (χ1v) is 7.20. The molecule has 23 heavy (non-hydrogen) atoms. The van der Waals surface area contributed by atoms with Crippen molar-refractivity contribution in [1.82, 2.24) is 24.9 Å². The monoisotopic (exact) mass is 349 g/mol. The van der Waals surface area contributed by atoms with Crippen molar-refractivity contribution >= 4 is 17.5 Å². The van der Waals surface area contributed by atoms with Crippen molar-refractivity contribution in [3.63, 3.8) is 0 Å². The molecule has 2 rings (SSSR count). The molecule has 0 aliphatic heterocycles. The summed E-state index contributed by atoms with van der Waals surface area (Å²) < 4.78 is 40.4. The van der Waals surface area contributed by atoms with Crippen LogP contribution in [-0.4, -0.2) is 32.0 Å². The average Bonchev–Trinajstić information content (AvgIpc) is 3.02. The van der Waals surface area contributed by atoms with Crippen molar-refractivity contribution in [3.8, 4) is 0 Å². The number of nitrogens with zero attached hydrogens (tertiary/aromatic N) is 4. The Bertz CT molecular complexity index is 679. The third-order valence-electron chi connectivity index (χ3n) is 3.09. The quantitative estimate of drug-likeness (QED) is 0.870. The van der Waals surface area contributed by atoms with Crippen LogP contribution in [0, 0.1) is 6.92 Å². The van der Waals surface area contributed by atoms with Crippen molar-refractivity contribution in [2.24, 2.45) is 0 Å². The smallest absolute Gasteiger partial charge is 0.354 e. The zero-order chi connectivity index (χ0) is 17.0. The Balaban J connectivity index is 1.77. The molecule has 0 fully saturated rings. The van der Waals surface area contributed by atoms with Crippen LogP contribution in [0.4, 0.5) is 13.2 Å². The van der Waals surface area contributed by atoms with Gasteiger partial charge in [0.15, 0.2) is 5.69 Å². The molecule has 0 spiro atoms. The van der Waals surface area contributed by atoms with Crippen LogP contribution in [0.2, 0.25) is 5.02 Å². The van der Waals surface area contributed by atoms with Gasteiger partial charge in [0.05, 0.1) is 17.8 Å². The number of carbonyl (C=O) groups is 1. The van der Waals surface area contributed by atoms with E-state index in [0.29, 0.717) is 23.8 Å². The fourth-order valence-electron chi connectivity index (χ4n) is 1.94. The first-order chi connectivity index (χ1) is 10.8. The van der Waals surface area contributed by atoms with Crippen LogP contribution >= 0.6 is 11.6 Å². The maximum Gasteiger partial charge on any atom is 0.435 e. The van der Waals surface area contributed by atoms with Gasteiger partial charge in [0.1, 0.15) is 0 Å². The summed E-state index contributed by atoms with van der Waals surface area (Å²) in [5.74, 6) is -0.272. The number of aromatic nitrogens is 4. The molecule has 1 N–H and O–H groups in total. The van der Waals surface area contributed by atoms with Crippen molar-refractivity contribution in [2.75, 3.05) is 6.54 Å². The topological polar surface area (TPSA) is 64.7 Å². The number of nitrogens with one attached hydrogen (secondary N) is 1. The molecule has 0 aliphatic carbocycles. The SMILES string of the molecule is Cc1cc(C(F)(F)F)nn1CCC(=O)NCCn1cc(Cl)cn1. The van der Waals surface area contributed by atoms with E-state index >= 15 is 0 Å². The van der Waals surface area contributed by atoms with E-state index < -0.39 is 11.9 Å². The normalized spacial score (nSPS) is 11.7. The Kier molecular flexibility index (Phi) is 5.30. The van der Waals surface area contributed by atoms with E-state index in [9.17, 15) is 18.0 Å². The van der Waals surface area contributed by atoms with Crippen molar-refractivity contribution in [1.29, 1.82) is 0 Å². The third-order valence-corrected chi connectivity index (χ3v) is 3.28. The number of halogens is 4. The lowest BCUT2D eigenvalue weighted by Gasteiger charge is -2.07. The minimum absolute atomic E-state index is 0.0413. The van der Waals surface area contributed by atoms with E-state index in [-0.39, 0.29) is 18.9 Å². The van der Waals surface area contributed by atoms with E-state index in [0.717, 1.165) is 6.07 Å². The van der Waals surface area contributed by atoms with Crippen LogP contribution < -0.4 is 5.32 Å². The second kappa shape index (κ2) is 7.03. The number of rotatable bonds is 6. The minimum atomic E-state index is -4.48. The van der Waals surface area contributed by atoms with Gasteiger partial charge in [-0.25, -0.2) is 0 Å². The van der Waals surface area contributed by atoms with Gasteiger partial charge in [-0.3, -0.25) is 14.2 Å². The van der Waals surface area contributed by atoms with Crippen molar-refractivity contribution in [3.05, 3.63) is 34.9 Å². The Labute approximate surface area is 135 Å². The van der Waals surface area contributed by atoms with Crippen LogP contribution in [0.15, 0.2) is 18.5 Å². The summed E-state index contributed by atoms with van der Waals surface area (Å²) in [5, 5.41) is 10.6. The summed E-state index contributed by atoms with van der Waals surface area (Å²) in [5.41, 5.74) is -0.595. The molecule has 0 aromatic carbocycles. The van der Waals surface area contributed by atoms with Crippen LogP contribution in [-0.2, 0) is 24.1 Å². The number of carbonyl (C=O) groups excluding carboxylic acids is 1. The molecule has 0 saturated heterocycles. The molecule has 6 nitrogen and oxygen atoms in total. The fourth-order valence-corrected chi connectivity index (χ4v) is 2.10. The molecule has 0 radical (unpaired) electrons. The standard InChI is InChI=1S/C13H15ClF3N5O/c1-9-6-11(13(15,16)17)20-22(9)4-2-12(23)18-3-5-21-8-10(14)7-19-21/h6-8H,2-5H2,1H3,(H,18,23). The molecule has 2 heterocycles. The Morgan fingerprint density at radius 2 is 2.13 bits per heavy atom. The number of aryl methyl sites for hydroxylation is 2. The highest BCUT2D eigenvalue weighted by Gasteiger charge is 2.34. The summed E-state index contributed by atoms with van der Waals surface area (Å²) in [4.78, 5) is 11.7. The van der Waals surface area contributed by atoms with Gasteiger partial charge in [-0.1, -0.05) is 11.6 Å². The molecule has 126 valence electrons. The maximum atomic E-state index is 12.5. The van der Waals surface area contributed by atoms with Gasteiger partial charge in [-0.2, -0.15) is 23.4 Å². The minimum Gasteiger partial charge on any atom is -0.354 e. The summed E-state index contributed by atoms with van der Waals surface area (Å²) in [7, 11) is 0. The van der Waals surface area contributed by atoms with Gasteiger partial charge in [0.2, 0.25) is 5.91 Å². The lowest BCUT2D eigenvalue weighted by Crippen LogP contribution is -2.28. The molecule has 0 atom stereocenters. The van der Waals surface area contributed by atoms with Crippen molar-refractivity contribution < 1.29 is 18.0 Å². The molecule has 0 unspecified atom stereocenters. The zero-order valence-electron chi connectivity index (χ0n) is 12.3. The summed E-state index contributed by atoms with van der Waals surface area (Å²) in [6.45, 7) is 2.41. The van der Waals surface area contributed by atoms with Gasteiger partial charge in [0, 0.05) is 31.4 Å². The Hall–Kier alpha value is -2.03.